The molecule has 0 aliphatic carbocycles. The highest BCUT2D eigenvalue weighted by molar-refractivity contribution is 5.09. The van der Waals surface area contributed by atoms with Crippen LogP contribution >= 0.6 is 0 Å². The van der Waals surface area contributed by atoms with Crippen molar-refractivity contribution >= 4 is 0 Å². The molecule has 0 aromatic carbocycles. The molecule has 0 bridgehead atoms. The minimum Gasteiger partial charge on any atom is -0.300 e. The summed E-state index contributed by atoms with van der Waals surface area (Å²) in [5, 5.41) is 4.26. The van der Waals surface area contributed by atoms with Crippen LogP contribution in [-0.2, 0) is 7.05 Å². The Hall–Kier alpha value is -0.830. The maximum Gasteiger partial charge on any atom is 0.0492 e. The summed E-state index contributed by atoms with van der Waals surface area (Å²) >= 11 is 0. The van der Waals surface area contributed by atoms with Crippen LogP contribution in [0.25, 0.3) is 0 Å². The van der Waals surface area contributed by atoms with Gasteiger partial charge in [-0.15, -0.1) is 0 Å². The summed E-state index contributed by atoms with van der Waals surface area (Å²) in [5.74, 6) is 0.675. The molecular weight excluding hydrogens is 186 g/mol. The lowest BCUT2D eigenvalue weighted by Gasteiger charge is -2.35. The molecule has 1 aromatic rings. The van der Waals surface area contributed by atoms with Gasteiger partial charge in [0, 0.05) is 37.4 Å². The van der Waals surface area contributed by atoms with Crippen LogP contribution < -0.4 is 0 Å². The zero-order valence-corrected chi connectivity index (χ0v) is 9.98. The average Bonchev–Trinajstić information content (AvgIpc) is 2.64. The van der Waals surface area contributed by atoms with Gasteiger partial charge in [-0.05, 0) is 39.3 Å². The second-order valence-electron chi connectivity index (χ2n) is 4.81. The van der Waals surface area contributed by atoms with E-state index in [9.17, 15) is 0 Å². The Morgan fingerprint density at radius 2 is 2.27 bits per heavy atom. The molecule has 15 heavy (non-hydrogen) atoms. The number of likely N-dealkylation sites (tertiary alicyclic amines) is 1. The third kappa shape index (κ3) is 2.23. The Kier molecular flexibility index (Phi) is 3.10. The average molecular weight is 207 g/mol. The summed E-state index contributed by atoms with van der Waals surface area (Å²) in [5.41, 5.74) is 1.39. The van der Waals surface area contributed by atoms with Gasteiger partial charge >= 0.3 is 0 Å². The molecule has 84 valence electrons. The summed E-state index contributed by atoms with van der Waals surface area (Å²) < 4.78 is 2.02. The normalized spacial score (nSPS) is 23.6. The van der Waals surface area contributed by atoms with Crippen LogP contribution in [0.15, 0.2) is 12.3 Å². The molecule has 1 aliphatic rings. The van der Waals surface area contributed by atoms with E-state index in [-0.39, 0.29) is 0 Å². The Labute approximate surface area is 92.1 Å². The van der Waals surface area contributed by atoms with Crippen molar-refractivity contribution < 1.29 is 0 Å². The molecule has 2 heterocycles. The van der Waals surface area contributed by atoms with Crippen LogP contribution in [0.1, 0.15) is 38.3 Å². The molecule has 3 heteroatoms. The number of piperidine rings is 1. The van der Waals surface area contributed by atoms with E-state index in [1.165, 1.54) is 31.6 Å². The van der Waals surface area contributed by atoms with Gasteiger partial charge in [-0.1, -0.05) is 0 Å². The standard InChI is InChI=1S/C12H21N3/c1-10(2)15-8-4-5-11(9-15)12-6-7-13-14(12)3/h6-7,10-11H,4-5,8-9H2,1-3H3. The molecular formula is C12H21N3. The van der Waals surface area contributed by atoms with Gasteiger partial charge in [0.1, 0.15) is 0 Å². The van der Waals surface area contributed by atoms with E-state index < -0.39 is 0 Å². The third-order valence-electron chi connectivity index (χ3n) is 3.46. The summed E-state index contributed by atoms with van der Waals surface area (Å²) in [6.07, 6.45) is 4.53. The van der Waals surface area contributed by atoms with Gasteiger partial charge in [0.05, 0.1) is 0 Å². The number of aryl methyl sites for hydroxylation is 1. The van der Waals surface area contributed by atoms with Crippen molar-refractivity contribution in [1.82, 2.24) is 14.7 Å². The molecule has 0 amide bonds. The second kappa shape index (κ2) is 4.35. The van der Waals surface area contributed by atoms with Crippen LogP contribution in [0.3, 0.4) is 0 Å². The van der Waals surface area contributed by atoms with E-state index in [1.807, 2.05) is 17.9 Å². The molecule has 1 fully saturated rings. The van der Waals surface area contributed by atoms with Gasteiger partial charge in [0.25, 0.3) is 0 Å². The summed E-state index contributed by atoms with van der Waals surface area (Å²) in [4.78, 5) is 2.57. The Balaban J connectivity index is 2.08. The zero-order chi connectivity index (χ0) is 10.8. The van der Waals surface area contributed by atoms with Crippen molar-refractivity contribution in [2.45, 2.75) is 38.6 Å². The molecule has 1 atom stereocenters. The monoisotopic (exact) mass is 207 g/mol. The Morgan fingerprint density at radius 3 is 2.87 bits per heavy atom. The number of hydrogen-bond donors (Lipinski definition) is 0. The quantitative estimate of drug-likeness (QED) is 0.739. The van der Waals surface area contributed by atoms with Crippen molar-refractivity contribution in [2.24, 2.45) is 7.05 Å². The maximum absolute atomic E-state index is 4.26. The lowest BCUT2D eigenvalue weighted by atomic mass is 9.94. The molecule has 1 saturated heterocycles. The first-order valence-corrected chi connectivity index (χ1v) is 5.90. The topological polar surface area (TPSA) is 21.1 Å². The maximum atomic E-state index is 4.26. The van der Waals surface area contributed by atoms with Crippen LogP contribution in [0.4, 0.5) is 0 Å². The van der Waals surface area contributed by atoms with Gasteiger partial charge < -0.3 is 4.90 Å². The first kappa shape index (κ1) is 10.7. The predicted octanol–water partition coefficient (Wildman–Crippen LogP) is 2.01. The lowest BCUT2D eigenvalue weighted by molar-refractivity contribution is 0.165. The first-order chi connectivity index (χ1) is 7.18. The molecule has 1 unspecified atom stereocenters. The summed E-state index contributed by atoms with van der Waals surface area (Å²) in [7, 11) is 2.05. The minimum absolute atomic E-state index is 0.668. The fraction of sp³-hybridized carbons (Fsp3) is 0.750. The van der Waals surface area contributed by atoms with Crippen LogP contribution in [0, 0.1) is 0 Å². The fourth-order valence-corrected chi connectivity index (χ4v) is 2.50. The third-order valence-corrected chi connectivity index (χ3v) is 3.46. The molecule has 1 aromatic heterocycles. The second-order valence-corrected chi connectivity index (χ2v) is 4.81. The molecule has 0 saturated carbocycles. The smallest absolute Gasteiger partial charge is 0.0492 e. The van der Waals surface area contributed by atoms with Crippen LogP contribution in [0.2, 0.25) is 0 Å². The zero-order valence-electron chi connectivity index (χ0n) is 9.98. The van der Waals surface area contributed by atoms with Crippen LogP contribution in [-0.4, -0.2) is 33.8 Å². The number of rotatable bonds is 2. The van der Waals surface area contributed by atoms with E-state index in [4.69, 9.17) is 0 Å². The summed E-state index contributed by atoms with van der Waals surface area (Å²) in [6.45, 7) is 7.01. The van der Waals surface area contributed by atoms with Crippen molar-refractivity contribution in [2.75, 3.05) is 13.1 Å². The van der Waals surface area contributed by atoms with Gasteiger partial charge in [0.15, 0.2) is 0 Å². The lowest BCUT2D eigenvalue weighted by Crippen LogP contribution is -2.39. The van der Waals surface area contributed by atoms with Crippen molar-refractivity contribution in [1.29, 1.82) is 0 Å². The van der Waals surface area contributed by atoms with E-state index in [0.29, 0.717) is 12.0 Å². The minimum atomic E-state index is 0.668. The Morgan fingerprint density at radius 1 is 1.47 bits per heavy atom. The van der Waals surface area contributed by atoms with Gasteiger partial charge in [-0.25, -0.2) is 0 Å². The molecule has 0 radical (unpaired) electrons. The number of nitrogens with zero attached hydrogens (tertiary/aromatic N) is 3. The highest BCUT2D eigenvalue weighted by atomic mass is 15.3. The van der Waals surface area contributed by atoms with Gasteiger partial charge in [-0.3, -0.25) is 4.68 Å². The summed E-state index contributed by atoms with van der Waals surface area (Å²) in [6, 6.07) is 2.83. The number of hydrogen-bond acceptors (Lipinski definition) is 2. The van der Waals surface area contributed by atoms with E-state index in [0.717, 1.165) is 0 Å². The Bertz CT molecular complexity index is 316. The van der Waals surface area contributed by atoms with Crippen molar-refractivity contribution in [3.8, 4) is 0 Å². The molecule has 3 nitrogen and oxygen atoms in total. The van der Waals surface area contributed by atoms with Gasteiger partial charge in [0.2, 0.25) is 0 Å². The van der Waals surface area contributed by atoms with E-state index in [2.05, 4.69) is 29.9 Å². The number of aromatic nitrogens is 2. The predicted molar refractivity (Wildman–Crippen MR) is 61.9 cm³/mol. The van der Waals surface area contributed by atoms with E-state index >= 15 is 0 Å². The fourth-order valence-electron chi connectivity index (χ4n) is 2.50. The first-order valence-electron chi connectivity index (χ1n) is 5.90. The SMILES string of the molecule is CC(C)N1CCCC(c2ccnn2C)C1. The highest BCUT2D eigenvalue weighted by Gasteiger charge is 2.24. The largest absolute Gasteiger partial charge is 0.300 e. The highest BCUT2D eigenvalue weighted by Crippen LogP contribution is 2.27. The van der Waals surface area contributed by atoms with E-state index in [1.54, 1.807) is 0 Å². The molecule has 0 N–H and O–H groups in total. The van der Waals surface area contributed by atoms with Crippen molar-refractivity contribution in [3.63, 3.8) is 0 Å². The van der Waals surface area contributed by atoms with Crippen LogP contribution in [0.5, 0.6) is 0 Å². The molecule has 1 aliphatic heterocycles. The molecule has 0 spiro atoms. The molecule has 2 rings (SSSR count). The van der Waals surface area contributed by atoms with Crippen molar-refractivity contribution in [3.05, 3.63) is 18.0 Å². The van der Waals surface area contributed by atoms with Gasteiger partial charge in [-0.2, -0.15) is 5.10 Å².